The van der Waals surface area contributed by atoms with Crippen molar-refractivity contribution in [2.45, 2.75) is 11.8 Å². The van der Waals surface area contributed by atoms with Crippen molar-refractivity contribution in [3.05, 3.63) is 59.2 Å². The Morgan fingerprint density at radius 2 is 1.70 bits per heavy atom. The second-order valence-corrected chi connectivity index (χ2v) is 6.77. The third-order valence-corrected chi connectivity index (χ3v) is 5.28. The van der Waals surface area contributed by atoms with E-state index in [2.05, 4.69) is 0 Å². The SMILES string of the molecule is Cc1c(F)cc(C(=O)O)cc1S(=O)(=O)N(C)c1ccc(F)cc1. The van der Waals surface area contributed by atoms with Crippen LogP contribution in [0.2, 0.25) is 0 Å². The van der Waals surface area contributed by atoms with Crippen molar-refractivity contribution < 1.29 is 27.1 Å². The summed E-state index contributed by atoms with van der Waals surface area (Å²) in [6, 6.07) is 6.33. The Kier molecular flexibility index (Phi) is 4.37. The Labute approximate surface area is 131 Å². The molecule has 0 saturated heterocycles. The fourth-order valence-corrected chi connectivity index (χ4v) is 3.44. The summed E-state index contributed by atoms with van der Waals surface area (Å²) >= 11 is 0. The molecule has 23 heavy (non-hydrogen) atoms. The zero-order valence-electron chi connectivity index (χ0n) is 12.2. The Bertz CT molecular complexity index is 864. The van der Waals surface area contributed by atoms with Crippen LogP contribution in [0.15, 0.2) is 41.3 Å². The van der Waals surface area contributed by atoms with E-state index in [0.717, 1.165) is 28.6 Å². The first-order chi connectivity index (χ1) is 10.6. The summed E-state index contributed by atoms with van der Waals surface area (Å²) in [6.45, 7) is 1.24. The molecule has 122 valence electrons. The summed E-state index contributed by atoms with van der Waals surface area (Å²) in [7, 11) is -2.99. The maximum absolute atomic E-state index is 13.9. The summed E-state index contributed by atoms with van der Waals surface area (Å²) < 4.78 is 52.9. The van der Waals surface area contributed by atoms with Gasteiger partial charge in [-0.05, 0) is 43.3 Å². The van der Waals surface area contributed by atoms with Crippen LogP contribution < -0.4 is 4.31 Å². The van der Waals surface area contributed by atoms with Crippen LogP contribution in [-0.2, 0) is 10.0 Å². The van der Waals surface area contributed by atoms with Crippen LogP contribution in [-0.4, -0.2) is 26.5 Å². The van der Waals surface area contributed by atoms with E-state index in [1.54, 1.807) is 0 Å². The van der Waals surface area contributed by atoms with Crippen LogP contribution >= 0.6 is 0 Å². The standard InChI is InChI=1S/C15H13F2NO4S/c1-9-13(17)7-10(15(19)20)8-14(9)23(21,22)18(2)12-5-3-11(16)4-6-12/h3-8H,1-2H3,(H,19,20). The van der Waals surface area contributed by atoms with Gasteiger partial charge in [0.05, 0.1) is 16.1 Å². The molecule has 0 bridgehead atoms. The Morgan fingerprint density at radius 1 is 1.13 bits per heavy atom. The van der Waals surface area contributed by atoms with Gasteiger partial charge >= 0.3 is 5.97 Å². The third-order valence-electron chi connectivity index (χ3n) is 3.37. The molecule has 2 aromatic rings. The molecule has 0 fully saturated rings. The maximum atomic E-state index is 13.9. The quantitative estimate of drug-likeness (QED) is 0.928. The second-order valence-electron chi connectivity index (χ2n) is 4.84. The highest BCUT2D eigenvalue weighted by atomic mass is 32.2. The number of rotatable bonds is 4. The van der Waals surface area contributed by atoms with Crippen molar-refractivity contribution in [2.24, 2.45) is 0 Å². The van der Waals surface area contributed by atoms with E-state index in [1.165, 1.54) is 26.1 Å². The third kappa shape index (κ3) is 3.16. The molecule has 0 spiro atoms. The molecule has 0 aliphatic carbocycles. The van der Waals surface area contributed by atoms with Crippen molar-refractivity contribution in [2.75, 3.05) is 11.4 Å². The van der Waals surface area contributed by atoms with E-state index in [-0.39, 0.29) is 11.3 Å². The first-order valence-electron chi connectivity index (χ1n) is 6.42. The van der Waals surface area contributed by atoms with Crippen LogP contribution in [0.25, 0.3) is 0 Å². The van der Waals surface area contributed by atoms with Gasteiger partial charge in [0.1, 0.15) is 11.6 Å². The minimum Gasteiger partial charge on any atom is -0.478 e. The number of hydrogen-bond acceptors (Lipinski definition) is 3. The first kappa shape index (κ1) is 16.9. The number of carbonyl (C=O) groups is 1. The van der Waals surface area contributed by atoms with Crippen molar-refractivity contribution in [3.8, 4) is 0 Å². The summed E-state index contributed by atoms with van der Waals surface area (Å²) in [4.78, 5) is 10.5. The smallest absolute Gasteiger partial charge is 0.335 e. The number of carboxylic acids is 1. The van der Waals surface area contributed by atoms with Gasteiger partial charge in [0.15, 0.2) is 0 Å². The van der Waals surface area contributed by atoms with E-state index in [9.17, 15) is 22.0 Å². The van der Waals surface area contributed by atoms with Crippen molar-refractivity contribution in [3.63, 3.8) is 0 Å². The van der Waals surface area contributed by atoms with Crippen LogP contribution in [0, 0.1) is 18.6 Å². The Morgan fingerprint density at radius 3 is 2.22 bits per heavy atom. The van der Waals surface area contributed by atoms with Gasteiger partial charge in [0.2, 0.25) is 0 Å². The number of aromatic carboxylic acids is 1. The summed E-state index contributed by atoms with van der Waals surface area (Å²) in [5, 5.41) is 8.96. The van der Waals surface area contributed by atoms with Gasteiger partial charge in [-0.3, -0.25) is 4.31 Å². The molecule has 0 amide bonds. The maximum Gasteiger partial charge on any atom is 0.335 e. The zero-order valence-corrected chi connectivity index (χ0v) is 13.1. The lowest BCUT2D eigenvalue weighted by atomic mass is 10.1. The number of nitrogens with zero attached hydrogens (tertiary/aromatic N) is 1. The average Bonchev–Trinajstić information content (AvgIpc) is 2.49. The molecule has 2 aromatic carbocycles. The second kappa shape index (κ2) is 5.96. The van der Waals surface area contributed by atoms with E-state index in [4.69, 9.17) is 5.11 Å². The largest absolute Gasteiger partial charge is 0.478 e. The molecule has 1 N–H and O–H groups in total. The topological polar surface area (TPSA) is 74.7 Å². The monoisotopic (exact) mass is 341 g/mol. The minimum absolute atomic E-state index is 0.159. The summed E-state index contributed by atoms with van der Waals surface area (Å²) in [6.07, 6.45) is 0. The van der Waals surface area contributed by atoms with Gasteiger partial charge in [-0.2, -0.15) is 0 Å². The molecular weight excluding hydrogens is 328 g/mol. The van der Waals surface area contributed by atoms with Gasteiger partial charge in [-0.15, -0.1) is 0 Å². The highest BCUT2D eigenvalue weighted by Gasteiger charge is 2.26. The van der Waals surface area contributed by atoms with E-state index < -0.39 is 38.1 Å². The molecule has 5 nitrogen and oxygen atoms in total. The van der Waals surface area contributed by atoms with Crippen LogP contribution in [0.5, 0.6) is 0 Å². The van der Waals surface area contributed by atoms with E-state index in [1.807, 2.05) is 0 Å². The van der Waals surface area contributed by atoms with Crippen LogP contribution in [0.4, 0.5) is 14.5 Å². The van der Waals surface area contributed by atoms with Gasteiger partial charge in [0, 0.05) is 12.6 Å². The number of sulfonamides is 1. The van der Waals surface area contributed by atoms with Crippen LogP contribution in [0.3, 0.4) is 0 Å². The number of anilines is 1. The minimum atomic E-state index is -4.21. The van der Waals surface area contributed by atoms with Gasteiger partial charge in [-0.25, -0.2) is 22.0 Å². The number of carboxylic acid groups (broad SMARTS) is 1. The Balaban J connectivity index is 2.59. The van der Waals surface area contributed by atoms with Gasteiger partial charge in [-0.1, -0.05) is 0 Å². The van der Waals surface area contributed by atoms with Gasteiger partial charge < -0.3 is 5.11 Å². The van der Waals surface area contributed by atoms with Gasteiger partial charge in [0.25, 0.3) is 10.0 Å². The molecular formula is C15H13F2NO4S. The number of hydrogen-bond donors (Lipinski definition) is 1. The predicted molar refractivity (Wildman–Crippen MR) is 80.1 cm³/mol. The van der Waals surface area contributed by atoms with Crippen molar-refractivity contribution >= 4 is 21.7 Å². The van der Waals surface area contributed by atoms with Crippen molar-refractivity contribution in [1.29, 1.82) is 0 Å². The molecule has 0 unspecified atom stereocenters. The molecule has 0 aliphatic heterocycles. The highest BCUT2D eigenvalue weighted by molar-refractivity contribution is 7.92. The van der Waals surface area contributed by atoms with Crippen molar-refractivity contribution in [1.82, 2.24) is 0 Å². The normalized spacial score (nSPS) is 11.3. The lowest BCUT2D eigenvalue weighted by molar-refractivity contribution is 0.0696. The molecule has 0 aliphatic rings. The Hall–Kier alpha value is -2.48. The fourth-order valence-electron chi connectivity index (χ4n) is 1.98. The fraction of sp³-hybridized carbons (Fsp3) is 0.133. The molecule has 0 radical (unpaired) electrons. The number of halogens is 2. The van der Waals surface area contributed by atoms with E-state index >= 15 is 0 Å². The highest BCUT2D eigenvalue weighted by Crippen LogP contribution is 2.27. The molecule has 0 saturated carbocycles. The summed E-state index contributed by atoms with van der Waals surface area (Å²) in [5.41, 5.74) is -0.505. The first-order valence-corrected chi connectivity index (χ1v) is 7.86. The average molecular weight is 341 g/mol. The molecule has 0 aromatic heterocycles. The summed E-state index contributed by atoms with van der Waals surface area (Å²) in [5.74, 6) is -2.91. The molecule has 2 rings (SSSR count). The number of benzene rings is 2. The lowest BCUT2D eigenvalue weighted by Crippen LogP contribution is -2.27. The van der Waals surface area contributed by atoms with Crippen LogP contribution in [0.1, 0.15) is 15.9 Å². The molecule has 8 heteroatoms. The lowest BCUT2D eigenvalue weighted by Gasteiger charge is -2.21. The van der Waals surface area contributed by atoms with E-state index in [0.29, 0.717) is 0 Å². The predicted octanol–water partition coefficient (Wildman–Crippen LogP) is 2.80. The zero-order chi connectivity index (χ0) is 17.4. The molecule has 0 atom stereocenters. The molecule has 0 heterocycles.